The van der Waals surface area contributed by atoms with E-state index in [1.807, 2.05) is 6.92 Å². The van der Waals surface area contributed by atoms with Crippen LogP contribution in [0.1, 0.15) is 23.7 Å². The molecule has 1 aliphatic rings. The number of benzene rings is 1. The number of nitrogens with zero attached hydrogens (tertiary/aromatic N) is 2. The van der Waals surface area contributed by atoms with Crippen LogP contribution in [0, 0.1) is 16.0 Å². The topological polar surface area (TPSA) is 89.5 Å². The van der Waals surface area contributed by atoms with E-state index in [9.17, 15) is 14.9 Å². The number of hydrogen-bond donors (Lipinski definition) is 1. The van der Waals surface area contributed by atoms with Gasteiger partial charge in [-0.3, -0.25) is 14.9 Å². The Labute approximate surface area is 121 Å². The molecule has 0 aromatic heterocycles. The molecule has 1 amide bonds. The molecule has 0 bridgehead atoms. The highest BCUT2D eigenvalue weighted by Gasteiger charge is 2.31. The normalized spacial score (nSPS) is 22.6. The van der Waals surface area contributed by atoms with Crippen molar-refractivity contribution in [3.63, 3.8) is 0 Å². The summed E-state index contributed by atoms with van der Waals surface area (Å²) in [4.78, 5) is 24.5. The number of likely N-dealkylation sites (tertiary alicyclic amines) is 1. The van der Waals surface area contributed by atoms with Crippen LogP contribution >= 0.6 is 11.6 Å². The van der Waals surface area contributed by atoms with Gasteiger partial charge in [0.1, 0.15) is 5.56 Å². The van der Waals surface area contributed by atoms with Gasteiger partial charge < -0.3 is 10.6 Å². The highest BCUT2D eigenvalue weighted by atomic mass is 35.5. The molecule has 2 N–H and O–H groups in total. The first-order chi connectivity index (χ1) is 9.40. The smallest absolute Gasteiger partial charge is 0.283 e. The zero-order chi connectivity index (χ0) is 14.9. The number of carbonyl (C=O) groups is 1. The zero-order valence-electron chi connectivity index (χ0n) is 11.1. The summed E-state index contributed by atoms with van der Waals surface area (Å²) in [6, 6.07) is 4.12. The molecule has 1 heterocycles. The van der Waals surface area contributed by atoms with Gasteiger partial charge in [-0.2, -0.15) is 0 Å². The van der Waals surface area contributed by atoms with Crippen LogP contribution in [-0.2, 0) is 0 Å². The highest BCUT2D eigenvalue weighted by molar-refractivity contribution is 6.34. The third kappa shape index (κ3) is 2.91. The lowest BCUT2D eigenvalue weighted by Gasteiger charge is -2.34. The predicted molar refractivity (Wildman–Crippen MR) is 75.8 cm³/mol. The Hall–Kier alpha value is -1.66. The number of piperidine rings is 1. The van der Waals surface area contributed by atoms with Gasteiger partial charge in [0.05, 0.1) is 9.95 Å². The molecular weight excluding hydrogens is 282 g/mol. The summed E-state index contributed by atoms with van der Waals surface area (Å²) in [5.74, 6) is -0.159. The number of rotatable bonds is 2. The molecule has 1 aromatic rings. The molecule has 1 aliphatic heterocycles. The van der Waals surface area contributed by atoms with Crippen LogP contribution in [0.3, 0.4) is 0 Å². The van der Waals surface area contributed by atoms with Crippen molar-refractivity contribution < 1.29 is 9.72 Å². The van der Waals surface area contributed by atoms with Crippen LogP contribution in [0.5, 0.6) is 0 Å². The van der Waals surface area contributed by atoms with Gasteiger partial charge >= 0.3 is 0 Å². The number of amides is 1. The summed E-state index contributed by atoms with van der Waals surface area (Å²) in [5, 5.41) is 11.1. The van der Waals surface area contributed by atoms with E-state index in [0.29, 0.717) is 13.1 Å². The van der Waals surface area contributed by atoms with Gasteiger partial charge in [-0.05, 0) is 18.4 Å². The second kappa shape index (κ2) is 5.76. The van der Waals surface area contributed by atoms with Gasteiger partial charge in [-0.1, -0.05) is 24.6 Å². The van der Waals surface area contributed by atoms with Crippen molar-refractivity contribution in [3.05, 3.63) is 38.9 Å². The maximum Gasteiger partial charge on any atom is 0.283 e. The van der Waals surface area contributed by atoms with E-state index in [-0.39, 0.29) is 28.2 Å². The van der Waals surface area contributed by atoms with Crippen LogP contribution < -0.4 is 5.73 Å². The number of hydrogen-bond acceptors (Lipinski definition) is 4. The Morgan fingerprint density at radius 1 is 1.50 bits per heavy atom. The first-order valence-corrected chi connectivity index (χ1v) is 6.75. The minimum Gasteiger partial charge on any atom is -0.337 e. The average molecular weight is 298 g/mol. The molecule has 1 fully saturated rings. The Morgan fingerprint density at radius 2 is 2.20 bits per heavy atom. The molecule has 2 rings (SSSR count). The van der Waals surface area contributed by atoms with Crippen LogP contribution in [0.4, 0.5) is 5.69 Å². The summed E-state index contributed by atoms with van der Waals surface area (Å²) in [5.41, 5.74) is 5.58. The van der Waals surface area contributed by atoms with Crippen molar-refractivity contribution in [1.82, 2.24) is 4.90 Å². The number of nitro benzene ring substituents is 1. The van der Waals surface area contributed by atoms with E-state index < -0.39 is 10.8 Å². The Bertz CT molecular complexity index is 540. The molecule has 6 nitrogen and oxygen atoms in total. The molecule has 1 saturated heterocycles. The molecule has 0 radical (unpaired) electrons. The molecule has 20 heavy (non-hydrogen) atoms. The van der Waals surface area contributed by atoms with E-state index in [1.54, 1.807) is 4.90 Å². The first kappa shape index (κ1) is 14.7. The number of nitro groups is 1. The standard InChI is InChI=1S/C13H16ClN3O3/c1-8-5-9(15)7-16(6-8)13(18)12-10(14)3-2-4-11(12)17(19)20/h2-4,8-9H,5-7,15H2,1H3. The molecule has 0 spiro atoms. The second-order valence-electron chi connectivity index (χ2n) is 5.20. The third-order valence-electron chi connectivity index (χ3n) is 3.38. The Morgan fingerprint density at radius 3 is 2.80 bits per heavy atom. The highest BCUT2D eigenvalue weighted by Crippen LogP contribution is 2.29. The lowest BCUT2D eigenvalue weighted by atomic mass is 9.96. The maximum absolute atomic E-state index is 12.5. The largest absolute Gasteiger partial charge is 0.337 e. The van der Waals surface area contributed by atoms with Gasteiger partial charge in [-0.15, -0.1) is 0 Å². The fourth-order valence-corrected chi connectivity index (χ4v) is 2.85. The van der Waals surface area contributed by atoms with Gasteiger partial charge in [0.2, 0.25) is 0 Å². The lowest BCUT2D eigenvalue weighted by Crippen LogP contribution is -2.49. The van der Waals surface area contributed by atoms with Crippen LogP contribution in [0.2, 0.25) is 5.02 Å². The van der Waals surface area contributed by atoms with E-state index in [2.05, 4.69) is 0 Å². The molecule has 0 saturated carbocycles. The molecular formula is C13H16ClN3O3. The minimum atomic E-state index is -0.591. The maximum atomic E-state index is 12.5. The van der Waals surface area contributed by atoms with E-state index in [0.717, 1.165) is 6.42 Å². The van der Waals surface area contributed by atoms with Gasteiger partial charge in [-0.25, -0.2) is 0 Å². The monoisotopic (exact) mass is 297 g/mol. The van der Waals surface area contributed by atoms with Crippen molar-refractivity contribution in [3.8, 4) is 0 Å². The van der Waals surface area contributed by atoms with E-state index in [4.69, 9.17) is 17.3 Å². The van der Waals surface area contributed by atoms with Crippen molar-refractivity contribution in [2.45, 2.75) is 19.4 Å². The number of nitrogens with two attached hydrogens (primary N) is 1. The first-order valence-electron chi connectivity index (χ1n) is 6.38. The van der Waals surface area contributed by atoms with Crippen molar-refractivity contribution in [1.29, 1.82) is 0 Å². The lowest BCUT2D eigenvalue weighted by molar-refractivity contribution is -0.385. The average Bonchev–Trinajstić information content (AvgIpc) is 2.36. The minimum absolute atomic E-state index is 0.0551. The van der Waals surface area contributed by atoms with Crippen molar-refractivity contribution in [2.24, 2.45) is 11.7 Å². The van der Waals surface area contributed by atoms with Gasteiger partial charge in [0.15, 0.2) is 0 Å². The molecule has 7 heteroatoms. The third-order valence-corrected chi connectivity index (χ3v) is 3.70. The van der Waals surface area contributed by atoms with Gasteiger partial charge in [0, 0.05) is 25.2 Å². The summed E-state index contributed by atoms with van der Waals surface area (Å²) in [6.45, 7) is 2.93. The Kier molecular flexibility index (Phi) is 4.25. The quantitative estimate of drug-likeness (QED) is 0.668. The summed E-state index contributed by atoms with van der Waals surface area (Å²) in [7, 11) is 0. The molecule has 1 aromatic carbocycles. The summed E-state index contributed by atoms with van der Waals surface area (Å²) in [6.07, 6.45) is 0.842. The van der Waals surface area contributed by atoms with E-state index in [1.165, 1.54) is 18.2 Å². The Balaban J connectivity index is 2.36. The SMILES string of the molecule is CC1CC(N)CN(C(=O)c2c(Cl)cccc2[N+](=O)[O-])C1. The molecule has 0 aliphatic carbocycles. The van der Waals surface area contributed by atoms with Crippen LogP contribution in [0.25, 0.3) is 0 Å². The van der Waals surface area contributed by atoms with Crippen molar-refractivity contribution in [2.75, 3.05) is 13.1 Å². The van der Waals surface area contributed by atoms with Crippen molar-refractivity contribution >= 4 is 23.2 Å². The number of carbonyl (C=O) groups excluding carboxylic acids is 1. The zero-order valence-corrected chi connectivity index (χ0v) is 11.8. The molecule has 2 atom stereocenters. The summed E-state index contributed by atoms with van der Waals surface area (Å²) >= 11 is 5.98. The summed E-state index contributed by atoms with van der Waals surface area (Å²) < 4.78 is 0. The second-order valence-corrected chi connectivity index (χ2v) is 5.61. The molecule has 2 unspecified atom stereocenters. The number of halogens is 1. The van der Waals surface area contributed by atoms with E-state index >= 15 is 0 Å². The van der Waals surface area contributed by atoms with Gasteiger partial charge in [0.25, 0.3) is 11.6 Å². The fraction of sp³-hybridized carbons (Fsp3) is 0.462. The fourth-order valence-electron chi connectivity index (χ4n) is 2.60. The van der Waals surface area contributed by atoms with Crippen LogP contribution in [0.15, 0.2) is 18.2 Å². The van der Waals surface area contributed by atoms with Crippen LogP contribution in [-0.4, -0.2) is 34.9 Å². The predicted octanol–water partition coefficient (Wildman–Crippen LogP) is 2.06. The molecule has 108 valence electrons.